The summed E-state index contributed by atoms with van der Waals surface area (Å²) in [7, 11) is 1.71. The Labute approximate surface area is 183 Å². The minimum atomic E-state index is -0.368. The lowest BCUT2D eigenvalue weighted by molar-refractivity contribution is 0.166. The Morgan fingerprint density at radius 1 is 1.23 bits per heavy atom. The summed E-state index contributed by atoms with van der Waals surface area (Å²) in [5.41, 5.74) is 2.21. The van der Waals surface area contributed by atoms with Gasteiger partial charge in [0, 0.05) is 31.7 Å². The summed E-state index contributed by atoms with van der Waals surface area (Å²) in [5.74, 6) is 1.85. The molecular weight excluding hydrogens is 397 g/mol. The molecule has 2 N–H and O–H groups in total. The molecule has 1 heterocycles. The highest BCUT2D eigenvalue weighted by Gasteiger charge is 2.17. The summed E-state index contributed by atoms with van der Waals surface area (Å²) in [6, 6.07) is 12.6. The number of hydrogen-bond donors (Lipinski definition) is 2. The summed E-state index contributed by atoms with van der Waals surface area (Å²) in [5, 5.41) is 6.53. The monoisotopic (exact) mass is 429 g/mol. The molecule has 168 valence electrons. The molecule has 2 aromatic carbocycles. The SMILES string of the molecule is CN=C(NCc1ccc(C)cc1OCC1CCOC1)NCC(C)Oc1ccccc1F. The molecule has 1 fully saturated rings. The highest BCUT2D eigenvalue weighted by Crippen LogP contribution is 2.22. The molecule has 1 saturated heterocycles. The molecule has 0 radical (unpaired) electrons. The minimum Gasteiger partial charge on any atom is -0.493 e. The summed E-state index contributed by atoms with van der Waals surface area (Å²) >= 11 is 0. The van der Waals surface area contributed by atoms with Gasteiger partial charge in [0.15, 0.2) is 17.5 Å². The Kier molecular flexibility index (Phi) is 8.53. The summed E-state index contributed by atoms with van der Waals surface area (Å²) < 4.78 is 31.0. The van der Waals surface area contributed by atoms with E-state index in [9.17, 15) is 4.39 Å². The molecule has 0 amide bonds. The molecule has 0 bridgehead atoms. The first-order valence-electron chi connectivity index (χ1n) is 10.7. The zero-order valence-corrected chi connectivity index (χ0v) is 18.5. The van der Waals surface area contributed by atoms with Gasteiger partial charge in [-0.15, -0.1) is 0 Å². The van der Waals surface area contributed by atoms with Crippen molar-refractivity contribution in [2.75, 3.05) is 33.4 Å². The molecule has 0 aliphatic carbocycles. The van der Waals surface area contributed by atoms with Gasteiger partial charge in [-0.1, -0.05) is 24.3 Å². The average Bonchev–Trinajstić information content (AvgIpc) is 3.28. The van der Waals surface area contributed by atoms with Gasteiger partial charge < -0.3 is 24.8 Å². The molecule has 3 rings (SSSR count). The van der Waals surface area contributed by atoms with Crippen LogP contribution in [-0.2, 0) is 11.3 Å². The molecule has 6 nitrogen and oxygen atoms in total. The Morgan fingerprint density at radius 2 is 2.06 bits per heavy atom. The van der Waals surface area contributed by atoms with E-state index in [1.807, 2.05) is 6.92 Å². The molecule has 1 aliphatic rings. The lowest BCUT2D eigenvalue weighted by Crippen LogP contribution is -2.41. The lowest BCUT2D eigenvalue weighted by atomic mass is 10.1. The molecular formula is C24H32FN3O3. The van der Waals surface area contributed by atoms with Crippen LogP contribution in [0.1, 0.15) is 24.5 Å². The van der Waals surface area contributed by atoms with E-state index < -0.39 is 0 Å². The number of rotatable bonds is 9. The van der Waals surface area contributed by atoms with Gasteiger partial charge in [-0.05, 0) is 44.0 Å². The normalized spacial score (nSPS) is 17.3. The van der Waals surface area contributed by atoms with E-state index in [0.29, 0.717) is 31.6 Å². The molecule has 0 spiro atoms. The first-order valence-corrected chi connectivity index (χ1v) is 10.7. The Bertz CT molecular complexity index is 869. The highest BCUT2D eigenvalue weighted by atomic mass is 19.1. The van der Waals surface area contributed by atoms with Gasteiger partial charge >= 0.3 is 0 Å². The van der Waals surface area contributed by atoms with Crippen molar-refractivity contribution in [3.05, 3.63) is 59.4 Å². The molecule has 0 aromatic heterocycles. The lowest BCUT2D eigenvalue weighted by Gasteiger charge is -2.19. The second-order valence-corrected chi connectivity index (χ2v) is 7.82. The van der Waals surface area contributed by atoms with Crippen LogP contribution >= 0.6 is 0 Å². The standard InChI is InChI=1S/C24H32FN3O3/c1-17-8-9-20(23(12-17)30-16-19-10-11-29-15-19)14-28-24(26-3)27-13-18(2)31-22-7-5-4-6-21(22)25/h4-9,12,18-19H,10-11,13-16H2,1-3H3,(H2,26,27,28). The quantitative estimate of drug-likeness (QED) is 0.470. The van der Waals surface area contributed by atoms with Crippen LogP contribution < -0.4 is 20.1 Å². The van der Waals surface area contributed by atoms with Gasteiger partial charge in [-0.2, -0.15) is 0 Å². The number of ether oxygens (including phenoxy) is 3. The largest absolute Gasteiger partial charge is 0.493 e. The average molecular weight is 430 g/mol. The number of para-hydroxylation sites is 1. The van der Waals surface area contributed by atoms with Crippen molar-refractivity contribution in [2.24, 2.45) is 10.9 Å². The predicted molar refractivity (Wildman–Crippen MR) is 120 cm³/mol. The van der Waals surface area contributed by atoms with Crippen LogP contribution in [0.25, 0.3) is 0 Å². The van der Waals surface area contributed by atoms with Crippen LogP contribution in [0.5, 0.6) is 11.5 Å². The van der Waals surface area contributed by atoms with Gasteiger partial charge in [0.25, 0.3) is 0 Å². The fourth-order valence-corrected chi connectivity index (χ4v) is 3.30. The molecule has 7 heteroatoms. The molecule has 31 heavy (non-hydrogen) atoms. The summed E-state index contributed by atoms with van der Waals surface area (Å²) in [4.78, 5) is 4.26. The van der Waals surface area contributed by atoms with E-state index in [1.54, 1.807) is 25.2 Å². The van der Waals surface area contributed by atoms with Crippen LogP contribution in [0.4, 0.5) is 4.39 Å². The van der Waals surface area contributed by atoms with Gasteiger partial charge in [0.05, 0.1) is 19.8 Å². The summed E-state index contributed by atoms with van der Waals surface area (Å²) in [6.07, 6.45) is 0.811. The second-order valence-electron chi connectivity index (χ2n) is 7.82. The second kappa shape index (κ2) is 11.6. The van der Waals surface area contributed by atoms with Crippen molar-refractivity contribution in [2.45, 2.75) is 32.9 Å². The van der Waals surface area contributed by atoms with Crippen molar-refractivity contribution in [3.63, 3.8) is 0 Å². The number of nitrogens with one attached hydrogen (secondary N) is 2. The number of hydrogen-bond acceptors (Lipinski definition) is 4. The number of halogens is 1. The van der Waals surface area contributed by atoms with Gasteiger partial charge in [-0.3, -0.25) is 4.99 Å². The van der Waals surface area contributed by atoms with E-state index in [4.69, 9.17) is 14.2 Å². The fraction of sp³-hybridized carbons (Fsp3) is 0.458. The van der Waals surface area contributed by atoms with Crippen molar-refractivity contribution in [3.8, 4) is 11.5 Å². The molecule has 2 unspecified atom stereocenters. The van der Waals surface area contributed by atoms with E-state index in [-0.39, 0.29) is 17.7 Å². The molecule has 1 aliphatic heterocycles. The maximum Gasteiger partial charge on any atom is 0.191 e. The smallest absolute Gasteiger partial charge is 0.191 e. The number of benzene rings is 2. The number of aliphatic imine (C=N–C) groups is 1. The van der Waals surface area contributed by atoms with Crippen molar-refractivity contribution < 1.29 is 18.6 Å². The summed E-state index contributed by atoms with van der Waals surface area (Å²) in [6.45, 7) is 7.23. The van der Waals surface area contributed by atoms with Crippen molar-refractivity contribution in [1.82, 2.24) is 10.6 Å². The molecule has 2 atom stereocenters. The zero-order valence-electron chi connectivity index (χ0n) is 18.5. The van der Waals surface area contributed by atoms with Crippen LogP contribution in [-0.4, -0.2) is 45.5 Å². The fourth-order valence-electron chi connectivity index (χ4n) is 3.30. The van der Waals surface area contributed by atoms with E-state index in [1.165, 1.54) is 6.07 Å². The Hall–Kier alpha value is -2.80. The first kappa shape index (κ1) is 22.9. The number of nitrogens with zero attached hydrogens (tertiary/aromatic N) is 1. The first-order chi connectivity index (χ1) is 15.0. The van der Waals surface area contributed by atoms with E-state index in [0.717, 1.165) is 36.5 Å². The molecule has 2 aromatic rings. The topological polar surface area (TPSA) is 64.1 Å². The van der Waals surface area contributed by atoms with Crippen LogP contribution in [0, 0.1) is 18.7 Å². The van der Waals surface area contributed by atoms with Gasteiger partial charge in [0.2, 0.25) is 0 Å². The Morgan fingerprint density at radius 3 is 2.81 bits per heavy atom. The predicted octanol–water partition coefficient (Wildman–Crippen LogP) is 3.68. The van der Waals surface area contributed by atoms with E-state index in [2.05, 4.69) is 40.7 Å². The van der Waals surface area contributed by atoms with Crippen LogP contribution in [0.3, 0.4) is 0 Å². The third-order valence-corrected chi connectivity index (χ3v) is 5.11. The molecule has 0 saturated carbocycles. The maximum absolute atomic E-state index is 13.8. The maximum atomic E-state index is 13.8. The van der Waals surface area contributed by atoms with Crippen molar-refractivity contribution in [1.29, 1.82) is 0 Å². The van der Waals surface area contributed by atoms with Crippen molar-refractivity contribution >= 4 is 5.96 Å². The zero-order chi connectivity index (χ0) is 22.1. The Balaban J connectivity index is 1.50. The van der Waals surface area contributed by atoms with Gasteiger partial charge in [0.1, 0.15) is 11.9 Å². The van der Waals surface area contributed by atoms with E-state index >= 15 is 0 Å². The number of guanidine groups is 1. The third-order valence-electron chi connectivity index (χ3n) is 5.11. The highest BCUT2D eigenvalue weighted by molar-refractivity contribution is 5.79. The van der Waals surface area contributed by atoms with Gasteiger partial charge in [-0.25, -0.2) is 4.39 Å². The third kappa shape index (κ3) is 7.14. The minimum absolute atomic E-state index is 0.234. The van der Waals surface area contributed by atoms with Crippen LogP contribution in [0.2, 0.25) is 0 Å². The number of aryl methyl sites for hydroxylation is 1. The van der Waals surface area contributed by atoms with Crippen LogP contribution in [0.15, 0.2) is 47.5 Å².